The number of carbonyl (C=O) groups is 1. The lowest BCUT2D eigenvalue weighted by molar-refractivity contribution is 0.0951. The number of hydrogen-bond donors (Lipinski definition) is 1. The van der Waals surface area contributed by atoms with Crippen LogP contribution in [0.3, 0.4) is 0 Å². The number of aryl methyl sites for hydroxylation is 1. The lowest BCUT2D eigenvalue weighted by atomic mass is 10.1. The minimum Gasteiger partial charge on any atom is -0.348 e. The molecule has 0 fully saturated rings. The average molecular weight is 384 g/mol. The Bertz CT molecular complexity index is 1220. The van der Waals surface area contributed by atoms with Gasteiger partial charge in [0.2, 0.25) is 0 Å². The van der Waals surface area contributed by atoms with Crippen molar-refractivity contribution >= 4 is 17.1 Å². The van der Waals surface area contributed by atoms with E-state index in [9.17, 15) is 9.59 Å². The van der Waals surface area contributed by atoms with E-state index in [2.05, 4.69) is 15.3 Å². The van der Waals surface area contributed by atoms with Crippen LogP contribution in [0.15, 0.2) is 77.7 Å². The van der Waals surface area contributed by atoms with Crippen molar-refractivity contribution in [1.82, 2.24) is 19.9 Å². The van der Waals surface area contributed by atoms with Crippen LogP contribution in [-0.2, 0) is 13.1 Å². The molecule has 0 unspecified atom stereocenters. The molecule has 6 heteroatoms. The van der Waals surface area contributed by atoms with Gasteiger partial charge in [-0.1, -0.05) is 42.5 Å². The van der Waals surface area contributed by atoms with Crippen molar-refractivity contribution in [3.63, 3.8) is 0 Å². The Kier molecular flexibility index (Phi) is 5.16. The molecule has 2 aromatic heterocycles. The lowest BCUT2D eigenvalue weighted by Crippen LogP contribution is -2.24. The highest BCUT2D eigenvalue weighted by molar-refractivity contribution is 5.94. The van der Waals surface area contributed by atoms with Crippen LogP contribution in [-0.4, -0.2) is 20.4 Å². The number of rotatable bonds is 5. The zero-order valence-corrected chi connectivity index (χ0v) is 16.0. The number of carbonyl (C=O) groups excluding carboxylic acids is 1. The van der Waals surface area contributed by atoms with Gasteiger partial charge in [-0.3, -0.25) is 14.2 Å². The largest absolute Gasteiger partial charge is 0.348 e. The summed E-state index contributed by atoms with van der Waals surface area (Å²) in [7, 11) is 0. The number of aromatic nitrogens is 3. The maximum absolute atomic E-state index is 12.9. The molecule has 0 saturated carbocycles. The Morgan fingerprint density at radius 2 is 1.76 bits per heavy atom. The molecule has 29 heavy (non-hydrogen) atoms. The van der Waals surface area contributed by atoms with Gasteiger partial charge < -0.3 is 5.32 Å². The molecule has 0 saturated heterocycles. The van der Waals surface area contributed by atoms with E-state index in [0.29, 0.717) is 41.1 Å². The van der Waals surface area contributed by atoms with Crippen LogP contribution in [0.2, 0.25) is 0 Å². The van der Waals surface area contributed by atoms with Crippen molar-refractivity contribution < 1.29 is 4.79 Å². The molecular formula is C23H20N4O2. The number of fused-ring (bicyclic) bond motifs is 1. The van der Waals surface area contributed by atoms with Crippen molar-refractivity contribution in [1.29, 1.82) is 0 Å². The molecule has 4 rings (SSSR count). The zero-order chi connectivity index (χ0) is 20.2. The normalized spacial score (nSPS) is 10.8. The van der Waals surface area contributed by atoms with Gasteiger partial charge in [0.05, 0.1) is 0 Å². The quantitative estimate of drug-likeness (QED) is 0.572. The Morgan fingerprint density at radius 3 is 2.48 bits per heavy atom. The molecule has 0 bridgehead atoms. The molecule has 0 aliphatic rings. The van der Waals surface area contributed by atoms with Gasteiger partial charge in [-0.15, -0.1) is 0 Å². The molecule has 2 aromatic carbocycles. The van der Waals surface area contributed by atoms with Gasteiger partial charge in [-0.05, 0) is 36.8 Å². The van der Waals surface area contributed by atoms with Gasteiger partial charge in [-0.2, -0.15) is 0 Å². The van der Waals surface area contributed by atoms with E-state index < -0.39 is 0 Å². The summed E-state index contributed by atoms with van der Waals surface area (Å²) in [6.45, 7) is 2.86. The molecule has 0 aliphatic carbocycles. The Balaban J connectivity index is 1.60. The number of nitrogens with zero attached hydrogens (tertiary/aromatic N) is 3. The van der Waals surface area contributed by atoms with Crippen LogP contribution < -0.4 is 10.9 Å². The molecule has 0 spiro atoms. The predicted molar refractivity (Wildman–Crippen MR) is 113 cm³/mol. The maximum Gasteiger partial charge on any atom is 0.278 e. The fraction of sp³-hybridized carbons (Fsp3) is 0.130. The summed E-state index contributed by atoms with van der Waals surface area (Å²) in [6.07, 6.45) is 1.65. The fourth-order valence-electron chi connectivity index (χ4n) is 3.22. The van der Waals surface area contributed by atoms with Crippen LogP contribution in [0.4, 0.5) is 0 Å². The number of pyridine rings is 1. The maximum atomic E-state index is 12.9. The first-order chi connectivity index (χ1) is 14.2. The monoisotopic (exact) mass is 384 g/mol. The van der Waals surface area contributed by atoms with Gasteiger partial charge >= 0.3 is 0 Å². The second-order valence-corrected chi connectivity index (χ2v) is 6.60. The van der Waals surface area contributed by atoms with E-state index in [-0.39, 0.29) is 11.5 Å². The molecule has 0 aliphatic heterocycles. The van der Waals surface area contributed by atoms with Gasteiger partial charge in [0.15, 0.2) is 5.65 Å². The topological polar surface area (TPSA) is 76.9 Å². The van der Waals surface area contributed by atoms with Crippen molar-refractivity contribution in [2.45, 2.75) is 20.0 Å². The molecule has 1 N–H and O–H groups in total. The van der Waals surface area contributed by atoms with E-state index in [1.165, 1.54) is 0 Å². The van der Waals surface area contributed by atoms with Crippen molar-refractivity contribution in [2.24, 2.45) is 0 Å². The summed E-state index contributed by atoms with van der Waals surface area (Å²) in [6, 6.07) is 20.3. The van der Waals surface area contributed by atoms with E-state index in [1.54, 1.807) is 41.1 Å². The minimum atomic E-state index is -0.194. The van der Waals surface area contributed by atoms with Gasteiger partial charge in [0.1, 0.15) is 11.2 Å². The number of amides is 1. The summed E-state index contributed by atoms with van der Waals surface area (Å²) in [4.78, 5) is 34.1. The zero-order valence-electron chi connectivity index (χ0n) is 16.0. The van der Waals surface area contributed by atoms with Crippen LogP contribution in [0, 0.1) is 0 Å². The van der Waals surface area contributed by atoms with Crippen molar-refractivity contribution in [3.05, 3.63) is 94.4 Å². The van der Waals surface area contributed by atoms with Gasteiger partial charge in [0, 0.05) is 30.4 Å². The third-order valence-electron chi connectivity index (χ3n) is 4.73. The summed E-state index contributed by atoms with van der Waals surface area (Å²) in [5.41, 5.74) is 3.62. The van der Waals surface area contributed by atoms with E-state index in [0.717, 1.165) is 5.56 Å². The standard InChI is InChI=1S/C23H20N4O2/c1-2-27-21-19(9-6-14-24-21)26-20(23(27)29)17-10-12-18(13-11-17)22(28)25-15-16-7-4-3-5-8-16/h3-14H,2,15H2,1H3,(H,25,28). The molecule has 6 nitrogen and oxygen atoms in total. The third-order valence-corrected chi connectivity index (χ3v) is 4.73. The molecule has 4 aromatic rings. The first-order valence-electron chi connectivity index (χ1n) is 9.45. The summed E-state index contributed by atoms with van der Waals surface area (Å²) < 4.78 is 1.61. The second-order valence-electron chi connectivity index (χ2n) is 6.60. The van der Waals surface area contributed by atoms with Crippen molar-refractivity contribution in [3.8, 4) is 11.3 Å². The van der Waals surface area contributed by atoms with Gasteiger partial charge in [-0.25, -0.2) is 9.97 Å². The summed E-state index contributed by atoms with van der Waals surface area (Å²) >= 11 is 0. The van der Waals surface area contributed by atoms with Crippen LogP contribution in [0.25, 0.3) is 22.4 Å². The number of benzene rings is 2. The Labute approximate surface area is 167 Å². The molecule has 0 atom stereocenters. The fourth-order valence-corrected chi connectivity index (χ4v) is 3.22. The average Bonchev–Trinajstić information content (AvgIpc) is 2.78. The SMILES string of the molecule is CCn1c(=O)c(-c2ccc(C(=O)NCc3ccccc3)cc2)nc2cccnc21. The van der Waals surface area contributed by atoms with Crippen LogP contribution in [0.5, 0.6) is 0 Å². The van der Waals surface area contributed by atoms with Crippen LogP contribution >= 0.6 is 0 Å². The van der Waals surface area contributed by atoms with Crippen molar-refractivity contribution in [2.75, 3.05) is 0 Å². The van der Waals surface area contributed by atoms with E-state index in [1.807, 2.05) is 43.3 Å². The highest BCUT2D eigenvalue weighted by Gasteiger charge is 2.13. The minimum absolute atomic E-state index is 0.165. The third kappa shape index (κ3) is 3.78. The number of nitrogens with one attached hydrogen (secondary N) is 1. The smallest absolute Gasteiger partial charge is 0.278 e. The lowest BCUT2D eigenvalue weighted by Gasteiger charge is -2.10. The predicted octanol–water partition coefficient (Wildman–Crippen LogP) is 3.41. The molecule has 2 heterocycles. The van der Waals surface area contributed by atoms with Gasteiger partial charge in [0.25, 0.3) is 11.5 Å². The van der Waals surface area contributed by atoms with E-state index >= 15 is 0 Å². The number of hydrogen-bond acceptors (Lipinski definition) is 4. The second kappa shape index (κ2) is 8.06. The van der Waals surface area contributed by atoms with E-state index in [4.69, 9.17) is 0 Å². The summed E-state index contributed by atoms with van der Waals surface area (Å²) in [5, 5.41) is 2.90. The molecule has 144 valence electrons. The first-order valence-corrected chi connectivity index (χ1v) is 9.45. The first kappa shape index (κ1) is 18.6. The summed E-state index contributed by atoms with van der Waals surface area (Å²) in [5.74, 6) is -0.165. The Hall–Kier alpha value is -3.80. The highest BCUT2D eigenvalue weighted by Crippen LogP contribution is 2.17. The molecule has 1 amide bonds. The molecule has 0 radical (unpaired) electrons. The van der Waals surface area contributed by atoms with Crippen LogP contribution in [0.1, 0.15) is 22.8 Å². The highest BCUT2D eigenvalue weighted by atomic mass is 16.1. The molecular weight excluding hydrogens is 364 g/mol. The Morgan fingerprint density at radius 1 is 1.00 bits per heavy atom.